The summed E-state index contributed by atoms with van der Waals surface area (Å²) in [6.45, 7) is 4.24. The zero-order valence-electron chi connectivity index (χ0n) is 19.4. The van der Waals surface area contributed by atoms with Gasteiger partial charge in [-0.1, -0.05) is 17.7 Å². The highest BCUT2D eigenvalue weighted by Gasteiger charge is 2.31. The van der Waals surface area contributed by atoms with Crippen molar-refractivity contribution >= 4 is 23.6 Å². The van der Waals surface area contributed by atoms with E-state index in [1.165, 1.54) is 6.07 Å². The lowest BCUT2D eigenvalue weighted by Crippen LogP contribution is -2.51. The minimum atomic E-state index is -0.499. The molecule has 188 valence electrons. The number of anilines is 1. The number of morpholine rings is 1. The molecule has 2 fully saturated rings. The number of rotatable bonds is 5. The predicted octanol–water partition coefficient (Wildman–Crippen LogP) is 2.66. The van der Waals surface area contributed by atoms with Crippen LogP contribution in [0.15, 0.2) is 24.4 Å². The van der Waals surface area contributed by atoms with E-state index in [0.717, 1.165) is 43.9 Å². The van der Waals surface area contributed by atoms with Gasteiger partial charge in [0.25, 0.3) is 0 Å². The molecule has 2 saturated heterocycles. The Hall–Kier alpha value is -2.53. The van der Waals surface area contributed by atoms with Crippen molar-refractivity contribution in [1.29, 1.82) is 0 Å². The molecule has 0 aliphatic carbocycles. The summed E-state index contributed by atoms with van der Waals surface area (Å²) in [5.41, 5.74) is 2.59. The second-order valence-corrected chi connectivity index (χ2v) is 9.49. The Morgan fingerprint density at radius 2 is 2.14 bits per heavy atom. The smallest absolute Gasteiger partial charge is 0.318 e. The molecule has 0 bridgehead atoms. The molecule has 3 aliphatic rings. The third-order valence-corrected chi connectivity index (χ3v) is 6.99. The third kappa shape index (κ3) is 5.83. The number of nitrogens with one attached hydrogen (secondary N) is 3. The van der Waals surface area contributed by atoms with Gasteiger partial charge in [0, 0.05) is 45.1 Å². The standard InChI is InChI=1S/C24H30ClFN6O3/c25-18-11-15(1-2-19(18)26)22(21-13-27-6-10-35-21)31-24(33)32-7-3-16-12-28-23(30-20(16)14-32)29-17-4-8-34-9-5-17/h1-2,11-12,17,21-22,27H,3-10,13-14H2,(H,31,33)(H,28,29,30). The van der Waals surface area contributed by atoms with Crippen molar-refractivity contribution in [3.63, 3.8) is 0 Å². The van der Waals surface area contributed by atoms with Gasteiger partial charge >= 0.3 is 6.03 Å². The number of ether oxygens (including phenoxy) is 2. The summed E-state index contributed by atoms with van der Waals surface area (Å²) in [5.74, 6) is 0.0825. The molecule has 2 unspecified atom stereocenters. The van der Waals surface area contributed by atoms with Crippen LogP contribution in [0.1, 0.15) is 35.7 Å². The van der Waals surface area contributed by atoms with Gasteiger partial charge in [-0.25, -0.2) is 19.2 Å². The van der Waals surface area contributed by atoms with E-state index >= 15 is 0 Å². The number of amides is 2. The first-order valence-corrected chi connectivity index (χ1v) is 12.5. The SMILES string of the molecule is O=C(NC(c1ccc(F)c(Cl)c1)C1CNCCO1)N1CCc2cnc(NC3CCOCC3)nc2C1. The van der Waals surface area contributed by atoms with Gasteiger partial charge < -0.3 is 30.3 Å². The van der Waals surface area contributed by atoms with Crippen LogP contribution in [0.5, 0.6) is 0 Å². The summed E-state index contributed by atoms with van der Waals surface area (Å²) in [4.78, 5) is 24.3. The summed E-state index contributed by atoms with van der Waals surface area (Å²) >= 11 is 6.04. The van der Waals surface area contributed by atoms with Gasteiger partial charge in [-0.3, -0.25) is 0 Å². The normalized spacial score (nSPS) is 21.8. The Morgan fingerprint density at radius 3 is 2.91 bits per heavy atom. The van der Waals surface area contributed by atoms with Crippen LogP contribution in [0, 0.1) is 5.82 Å². The van der Waals surface area contributed by atoms with Crippen LogP contribution >= 0.6 is 11.6 Å². The number of carbonyl (C=O) groups excluding carboxylic acids is 1. The Bertz CT molecular complexity index is 1050. The Kier molecular flexibility index (Phi) is 7.62. The Labute approximate surface area is 208 Å². The number of hydrogen-bond acceptors (Lipinski definition) is 7. The van der Waals surface area contributed by atoms with Crippen LogP contribution in [0.3, 0.4) is 0 Å². The molecule has 1 aromatic heterocycles. The van der Waals surface area contributed by atoms with Gasteiger partial charge in [0.05, 0.1) is 36.0 Å². The second kappa shape index (κ2) is 11.0. The monoisotopic (exact) mass is 504 g/mol. The fraction of sp³-hybridized carbons (Fsp3) is 0.542. The van der Waals surface area contributed by atoms with Gasteiger partial charge in [0.1, 0.15) is 5.82 Å². The van der Waals surface area contributed by atoms with Gasteiger partial charge in [-0.05, 0) is 42.5 Å². The average Bonchev–Trinajstić information content (AvgIpc) is 2.89. The van der Waals surface area contributed by atoms with Crippen molar-refractivity contribution in [3.8, 4) is 0 Å². The molecule has 4 heterocycles. The highest BCUT2D eigenvalue weighted by atomic mass is 35.5. The fourth-order valence-electron chi connectivity index (χ4n) is 4.69. The molecule has 5 rings (SSSR count). The lowest BCUT2D eigenvalue weighted by Gasteiger charge is -2.35. The molecular formula is C24H30ClFN6O3. The van der Waals surface area contributed by atoms with E-state index in [0.29, 0.717) is 44.2 Å². The van der Waals surface area contributed by atoms with Crippen molar-refractivity contribution in [2.75, 3.05) is 44.8 Å². The molecule has 3 N–H and O–H groups in total. The summed E-state index contributed by atoms with van der Waals surface area (Å²) in [5, 5.41) is 9.79. The topological polar surface area (TPSA) is 101 Å². The van der Waals surface area contributed by atoms with Crippen molar-refractivity contribution in [2.45, 2.75) is 44.0 Å². The lowest BCUT2D eigenvalue weighted by molar-refractivity contribution is 0.00492. The average molecular weight is 505 g/mol. The summed E-state index contributed by atoms with van der Waals surface area (Å²) in [7, 11) is 0. The minimum absolute atomic E-state index is 0.0127. The zero-order chi connectivity index (χ0) is 24.2. The molecule has 9 nitrogen and oxygen atoms in total. The molecular weight excluding hydrogens is 475 g/mol. The third-order valence-electron chi connectivity index (χ3n) is 6.70. The zero-order valence-corrected chi connectivity index (χ0v) is 20.2. The summed E-state index contributed by atoms with van der Waals surface area (Å²) < 4.78 is 25.1. The quantitative estimate of drug-likeness (QED) is 0.575. The van der Waals surface area contributed by atoms with E-state index in [-0.39, 0.29) is 23.2 Å². The van der Waals surface area contributed by atoms with Crippen LogP contribution in [0.2, 0.25) is 5.02 Å². The highest BCUT2D eigenvalue weighted by Crippen LogP contribution is 2.26. The lowest BCUT2D eigenvalue weighted by atomic mass is 10.00. The Balaban J connectivity index is 1.29. The van der Waals surface area contributed by atoms with E-state index in [1.54, 1.807) is 17.0 Å². The van der Waals surface area contributed by atoms with E-state index in [1.807, 2.05) is 6.20 Å². The van der Waals surface area contributed by atoms with Crippen LogP contribution in [-0.4, -0.2) is 72.5 Å². The van der Waals surface area contributed by atoms with E-state index < -0.39 is 11.9 Å². The molecule has 3 aliphatic heterocycles. The number of benzene rings is 1. The maximum Gasteiger partial charge on any atom is 0.318 e. The first kappa shape index (κ1) is 24.2. The molecule has 35 heavy (non-hydrogen) atoms. The number of halogens is 2. The van der Waals surface area contributed by atoms with Crippen molar-refractivity contribution in [3.05, 3.63) is 52.1 Å². The van der Waals surface area contributed by atoms with Gasteiger partial charge in [0.15, 0.2) is 0 Å². The maximum absolute atomic E-state index is 13.8. The van der Waals surface area contributed by atoms with Crippen molar-refractivity contribution in [2.24, 2.45) is 0 Å². The van der Waals surface area contributed by atoms with Gasteiger partial charge in [-0.15, -0.1) is 0 Å². The number of nitrogens with zero attached hydrogens (tertiary/aromatic N) is 3. The van der Waals surface area contributed by atoms with Crippen LogP contribution < -0.4 is 16.0 Å². The minimum Gasteiger partial charge on any atom is -0.381 e. The predicted molar refractivity (Wildman–Crippen MR) is 129 cm³/mol. The van der Waals surface area contributed by atoms with Gasteiger partial charge in [0.2, 0.25) is 5.95 Å². The summed E-state index contributed by atoms with van der Waals surface area (Å²) in [6, 6.07) is 4.08. The van der Waals surface area contributed by atoms with E-state index in [4.69, 9.17) is 26.1 Å². The van der Waals surface area contributed by atoms with E-state index in [2.05, 4.69) is 20.9 Å². The number of aromatic nitrogens is 2. The first-order valence-electron chi connectivity index (χ1n) is 12.1. The van der Waals surface area contributed by atoms with Crippen LogP contribution in [0.25, 0.3) is 0 Å². The molecule has 0 spiro atoms. The summed E-state index contributed by atoms with van der Waals surface area (Å²) in [6.07, 6.45) is 4.06. The van der Waals surface area contributed by atoms with Crippen LogP contribution in [0.4, 0.5) is 15.1 Å². The van der Waals surface area contributed by atoms with Crippen LogP contribution in [-0.2, 0) is 22.4 Å². The number of urea groups is 1. The molecule has 2 aromatic rings. The second-order valence-electron chi connectivity index (χ2n) is 9.08. The molecule has 2 amide bonds. The largest absolute Gasteiger partial charge is 0.381 e. The highest BCUT2D eigenvalue weighted by molar-refractivity contribution is 6.30. The molecule has 2 atom stereocenters. The molecule has 0 saturated carbocycles. The first-order chi connectivity index (χ1) is 17.1. The molecule has 0 radical (unpaired) electrons. The maximum atomic E-state index is 13.8. The van der Waals surface area contributed by atoms with E-state index in [9.17, 15) is 9.18 Å². The fourth-order valence-corrected chi connectivity index (χ4v) is 4.88. The number of fused-ring (bicyclic) bond motifs is 1. The van der Waals surface area contributed by atoms with Crippen molar-refractivity contribution in [1.82, 2.24) is 25.5 Å². The van der Waals surface area contributed by atoms with Gasteiger partial charge in [-0.2, -0.15) is 0 Å². The molecule has 1 aromatic carbocycles. The molecule has 11 heteroatoms. The Morgan fingerprint density at radius 1 is 1.29 bits per heavy atom. The van der Waals surface area contributed by atoms with Crippen molar-refractivity contribution < 1.29 is 18.7 Å². The number of hydrogen-bond donors (Lipinski definition) is 3. The number of carbonyl (C=O) groups is 1.